The third-order valence-electron chi connectivity index (χ3n) is 5.69. The van der Waals surface area contributed by atoms with Gasteiger partial charge in [-0.15, -0.1) is 0 Å². The number of carbonyl (C=O) groups is 2. The van der Waals surface area contributed by atoms with Crippen molar-refractivity contribution >= 4 is 28.7 Å². The lowest BCUT2D eigenvalue weighted by Crippen LogP contribution is -2.39. The number of hydrogen-bond donors (Lipinski definition) is 0. The second-order valence-corrected chi connectivity index (χ2v) is 8.38. The van der Waals surface area contributed by atoms with Gasteiger partial charge >= 0.3 is 0 Å². The van der Waals surface area contributed by atoms with Crippen LogP contribution in [0.1, 0.15) is 42.6 Å². The molecule has 1 aliphatic carbocycles. The van der Waals surface area contributed by atoms with Crippen molar-refractivity contribution in [2.45, 2.75) is 39.3 Å². The summed E-state index contributed by atoms with van der Waals surface area (Å²) in [4.78, 5) is 27.2. The predicted octanol–water partition coefficient (Wildman–Crippen LogP) is 5.18. The van der Waals surface area contributed by atoms with E-state index in [1.165, 1.54) is 18.4 Å². The largest absolute Gasteiger partial charge is 0.347 e. The van der Waals surface area contributed by atoms with E-state index in [0.29, 0.717) is 5.56 Å². The van der Waals surface area contributed by atoms with E-state index in [9.17, 15) is 9.59 Å². The standard InChI is InChI=1S/C26H28N2O2/c1-19(2)28(18-25(29)21-8-4-3-5-9-21)26(30)15-14-22-17-27(16-20-12-13-20)24-11-7-6-10-23(22)24/h3-11,14-15,17,19-20H,12-13,16,18H2,1-2H3/b15-14+. The Morgan fingerprint density at radius 3 is 2.47 bits per heavy atom. The van der Waals surface area contributed by atoms with Crippen molar-refractivity contribution in [3.05, 3.63) is 78.0 Å². The number of amides is 1. The van der Waals surface area contributed by atoms with Gasteiger partial charge in [-0.05, 0) is 44.7 Å². The third kappa shape index (κ3) is 4.54. The molecule has 0 bridgehead atoms. The Balaban J connectivity index is 1.53. The van der Waals surface area contributed by atoms with Crippen LogP contribution in [-0.4, -0.2) is 33.7 Å². The Labute approximate surface area is 177 Å². The number of nitrogens with zero attached hydrogens (tertiary/aromatic N) is 2. The Morgan fingerprint density at radius 1 is 1.07 bits per heavy atom. The minimum Gasteiger partial charge on any atom is -0.347 e. The summed E-state index contributed by atoms with van der Waals surface area (Å²) in [5.74, 6) is 0.583. The highest BCUT2D eigenvalue weighted by Crippen LogP contribution is 2.33. The van der Waals surface area contributed by atoms with E-state index >= 15 is 0 Å². The number of aromatic nitrogens is 1. The second kappa shape index (κ2) is 8.70. The van der Waals surface area contributed by atoms with Gasteiger partial charge in [0.1, 0.15) is 0 Å². The number of hydrogen-bond acceptors (Lipinski definition) is 2. The number of fused-ring (bicyclic) bond motifs is 1. The van der Waals surface area contributed by atoms with Crippen molar-refractivity contribution in [2.24, 2.45) is 5.92 Å². The Bertz CT molecular complexity index is 1070. The first-order valence-corrected chi connectivity index (χ1v) is 10.7. The minimum atomic E-state index is -0.145. The van der Waals surface area contributed by atoms with Gasteiger partial charge in [0.2, 0.25) is 5.91 Å². The van der Waals surface area contributed by atoms with E-state index in [2.05, 4.69) is 29.0 Å². The molecule has 1 heterocycles. The molecule has 30 heavy (non-hydrogen) atoms. The summed E-state index contributed by atoms with van der Waals surface area (Å²) in [7, 11) is 0. The maximum absolute atomic E-state index is 12.9. The average molecular weight is 401 g/mol. The van der Waals surface area contributed by atoms with E-state index in [0.717, 1.165) is 23.4 Å². The molecule has 1 saturated carbocycles. The van der Waals surface area contributed by atoms with Crippen LogP contribution in [0.15, 0.2) is 66.9 Å². The van der Waals surface area contributed by atoms with Crippen LogP contribution < -0.4 is 0 Å². The topological polar surface area (TPSA) is 42.3 Å². The fourth-order valence-corrected chi connectivity index (χ4v) is 3.78. The third-order valence-corrected chi connectivity index (χ3v) is 5.69. The van der Waals surface area contributed by atoms with Crippen LogP contribution in [0.25, 0.3) is 17.0 Å². The van der Waals surface area contributed by atoms with Gasteiger partial charge in [0.25, 0.3) is 0 Å². The first-order chi connectivity index (χ1) is 14.5. The van der Waals surface area contributed by atoms with Gasteiger partial charge in [0.15, 0.2) is 5.78 Å². The summed E-state index contributed by atoms with van der Waals surface area (Å²) in [6.07, 6.45) is 8.23. The van der Waals surface area contributed by atoms with Gasteiger partial charge in [-0.1, -0.05) is 48.5 Å². The van der Waals surface area contributed by atoms with E-state index in [4.69, 9.17) is 0 Å². The average Bonchev–Trinajstić information content (AvgIpc) is 3.51. The van der Waals surface area contributed by atoms with Gasteiger partial charge < -0.3 is 9.47 Å². The molecule has 2 aromatic carbocycles. The molecular formula is C26H28N2O2. The van der Waals surface area contributed by atoms with Crippen LogP contribution in [0.4, 0.5) is 0 Å². The van der Waals surface area contributed by atoms with E-state index in [1.807, 2.05) is 44.2 Å². The number of carbonyl (C=O) groups excluding carboxylic acids is 2. The Morgan fingerprint density at radius 2 is 1.77 bits per heavy atom. The lowest BCUT2D eigenvalue weighted by atomic mass is 10.1. The molecular weight excluding hydrogens is 372 g/mol. The SMILES string of the molecule is CC(C)N(CC(=O)c1ccccc1)C(=O)/C=C/c1cn(CC2CC2)c2ccccc12. The quantitative estimate of drug-likeness (QED) is 0.386. The molecule has 1 aromatic heterocycles. The summed E-state index contributed by atoms with van der Waals surface area (Å²) >= 11 is 0. The van der Waals surface area contributed by atoms with Crippen molar-refractivity contribution in [3.63, 3.8) is 0 Å². The zero-order valence-corrected chi connectivity index (χ0v) is 17.6. The van der Waals surface area contributed by atoms with Crippen molar-refractivity contribution < 1.29 is 9.59 Å². The highest BCUT2D eigenvalue weighted by atomic mass is 16.2. The lowest BCUT2D eigenvalue weighted by molar-refractivity contribution is -0.127. The highest BCUT2D eigenvalue weighted by Gasteiger charge is 2.23. The summed E-state index contributed by atoms with van der Waals surface area (Å²) < 4.78 is 2.30. The molecule has 0 unspecified atom stereocenters. The van der Waals surface area contributed by atoms with Crippen molar-refractivity contribution in [1.82, 2.24) is 9.47 Å². The van der Waals surface area contributed by atoms with Crippen LogP contribution in [-0.2, 0) is 11.3 Å². The molecule has 0 spiro atoms. The molecule has 0 radical (unpaired) electrons. The van der Waals surface area contributed by atoms with E-state index in [1.54, 1.807) is 23.1 Å². The van der Waals surface area contributed by atoms with Crippen molar-refractivity contribution in [2.75, 3.05) is 6.54 Å². The Kier molecular flexibility index (Phi) is 5.84. The van der Waals surface area contributed by atoms with Crippen molar-refractivity contribution in [3.8, 4) is 0 Å². The molecule has 4 nitrogen and oxygen atoms in total. The molecule has 1 amide bonds. The molecule has 154 valence electrons. The first kappa shape index (κ1) is 20.1. The number of ketones is 1. The number of para-hydroxylation sites is 1. The zero-order chi connectivity index (χ0) is 21.1. The molecule has 3 aromatic rings. The fourth-order valence-electron chi connectivity index (χ4n) is 3.78. The molecule has 4 heteroatoms. The predicted molar refractivity (Wildman–Crippen MR) is 121 cm³/mol. The molecule has 0 atom stereocenters. The molecule has 0 aliphatic heterocycles. The second-order valence-electron chi connectivity index (χ2n) is 8.38. The van der Waals surface area contributed by atoms with E-state index in [-0.39, 0.29) is 24.3 Å². The first-order valence-electron chi connectivity index (χ1n) is 10.7. The number of rotatable bonds is 8. The summed E-state index contributed by atoms with van der Waals surface area (Å²) in [6.45, 7) is 4.98. The molecule has 0 N–H and O–H groups in total. The van der Waals surface area contributed by atoms with Crippen LogP contribution >= 0.6 is 0 Å². The molecule has 1 fully saturated rings. The van der Waals surface area contributed by atoms with Crippen LogP contribution in [0.3, 0.4) is 0 Å². The normalized spacial score (nSPS) is 14.0. The summed E-state index contributed by atoms with van der Waals surface area (Å²) in [5.41, 5.74) is 2.87. The van der Waals surface area contributed by atoms with Gasteiger partial charge in [-0.25, -0.2) is 0 Å². The van der Waals surface area contributed by atoms with Gasteiger partial charge in [-0.3, -0.25) is 9.59 Å². The number of benzene rings is 2. The van der Waals surface area contributed by atoms with Crippen LogP contribution in [0.5, 0.6) is 0 Å². The summed E-state index contributed by atoms with van der Waals surface area (Å²) in [6, 6.07) is 17.4. The summed E-state index contributed by atoms with van der Waals surface area (Å²) in [5, 5.41) is 1.15. The van der Waals surface area contributed by atoms with Crippen LogP contribution in [0.2, 0.25) is 0 Å². The Hall–Kier alpha value is -3.14. The van der Waals surface area contributed by atoms with E-state index < -0.39 is 0 Å². The van der Waals surface area contributed by atoms with Crippen LogP contribution in [0, 0.1) is 5.92 Å². The maximum atomic E-state index is 12.9. The van der Waals surface area contributed by atoms with Crippen molar-refractivity contribution in [1.29, 1.82) is 0 Å². The number of Topliss-reactive ketones (excluding diaryl/α,β-unsaturated/α-hetero) is 1. The van der Waals surface area contributed by atoms with Gasteiger partial charge in [-0.2, -0.15) is 0 Å². The van der Waals surface area contributed by atoms with Gasteiger partial charge in [0.05, 0.1) is 6.54 Å². The zero-order valence-electron chi connectivity index (χ0n) is 17.6. The maximum Gasteiger partial charge on any atom is 0.247 e. The highest BCUT2D eigenvalue weighted by molar-refractivity contribution is 6.02. The monoisotopic (exact) mass is 400 g/mol. The fraction of sp³-hybridized carbons (Fsp3) is 0.308. The smallest absolute Gasteiger partial charge is 0.247 e. The minimum absolute atomic E-state index is 0.0490. The lowest BCUT2D eigenvalue weighted by Gasteiger charge is -2.24. The van der Waals surface area contributed by atoms with Gasteiger partial charge in [0, 0.05) is 46.9 Å². The molecule has 4 rings (SSSR count). The molecule has 1 aliphatic rings. The molecule has 0 saturated heterocycles.